The Labute approximate surface area is 254 Å². The number of nitrogens with one attached hydrogen (secondary N) is 4. The van der Waals surface area contributed by atoms with Gasteiger partial charge in [0.15, 0.2) is 0 Å². The number of hydrogen-bond donors (Lipinski definition) is 4. The number of hydrogen-bond acceptors (Lipinski definition) is 5. The van der Waals surface area contributed by atoms with Crippen molar-refractivity contribution in [1.82, 2.24) is 30.4 Å². The van der Waals surface area contributed by atoms with Gasteiger partial charge in [0.2, 0.25) is 0 Å². The number of fused-ring (bicyclic) bond motifs is 1. The van der Waals surface area contributed by atoms with Crippen LogP contribution in [-0.2, 0) is 0 Å². The summed E-state index contributed by atoms with van der Waals surface area (Å²) in [6.07, 6.45) is 11.5. The molecule has 0 saturated carbocycles. The molecule has 4 N–H and O–H groups in total. The van der Waals surface area contributed by atoms with Crippen LogP contribution in [0.1, 0.15) is 36.4 Å². The lowest BCUT2D eigenvalue weighted by Gasteiger charge is -2.14. The number of nitrogens with zero attached hydrogens (tertiary/aromatic N) is 3. The second kappa shape index (κ2) is 14.6. The Bertz CT molecular complexity index is 1680. The minimum atomic E-state index is -0.300. The first-order chi connectivity index (χ1) is 20.8. The van der Waals surface area contributed by atoms with E-state index in [1.807, 2.05) is 52.4 Å². The van der Waals surface area contributed by atoms with E-state index in [2.05, 4.69) is 75.1 Å². The summed E-state index contributed by atoms with van der Waals surface area (Å²) < 4.78 is 14.8. The van der Waals surface area contributed by atoms with E-state index in [0.717, 1.165) is 86.8 Å². The van der Waals surface area contributed by atoms with Gasteiger partial charge in [0, 0.05) is 42.0 Å². The second-order valence-corrected chi connectivity index (χ2v) is 10.6. The molecule has 4 aromatic rings. The molecular formula is C35H42FN7. The SMILES string of the molecule is C=C/C=C(/c1cc(F)cc(NCCN(C)C)c1)c1cc(-c2n[nH]c3cnc(C(/C=C(\C=C)CNCC)=C/C)cc23)[nH]c1C. The van der Waals surface area contributed by atoms with Crippen molar-refractivity contribution in [3.63, 3.8) is 0 Å². The largest absolute Gasteiger partial charge is 0.384 e. The maximum absolute atomic E-state index is 14.8. The first kappa shape index (κ1) is 31.4. The van der Waals surface area contributed by atoms with E-state index in [4.69, 9.17) is 4.98 Å². The van der Waals surface area contributed by atoms with Crippen molar-refractivity contribution < 1.29 is 4.39 Å². The third-order valence-corrected chi connectivity index (χ3v) is 7.18. The van der Waals surface area contributed by atoms with Gasteiger partial charge < -0.3 is 20.5 Å². The number of benzene rings is 1. The van der Waals surface area contributed by atoms with E-state index in [9.17, 15) is 4.39 Å². The standard InChI is InChI=1S/C35H42FN7/c1-8-12-29(26-16-27(36)18-28(17-26)38-13-14-43(6)7)30-19-33(40-23(30)5)35-31-20-32(39-22-34(31)41-42-35)25(10-3)15-24(9-2)21-37-11-4/h8-10,12,15-20,22,37-38,40H,1-2,11,13-14,21H2,3-7H3,(H,41,42)/b24-15+,25-10+,29-12-. The summed E-state index contributed by atoms with van der Waals surface area (Å²) in [7, 11) is 4.02. The van der Waals surface area contributed by atoms with Crippen LogP contribution in [-0.4, -0.2) is 65.3 Å². The van der Waals surface area contributed by atoms with Gasteiger partial charge in [-0.1, -0.05) is 44.4 Å². The first-order valence-electron chi connectivity index (χ1n) is 14.5. The van der Waals surface area contributed by atoms with E-state index >= 15 is 0 Å². The van der Waals surface area contributed by atoms with E-state index in [1.165, 1.54) is 6.07 Å². The highest BCUT2D eigenvalue weighted by molar-refractivity contribution is 5.95. The molecule has 0 radical (unpaired) electrons. The molecule has 0 fully saturated rings. The van der Waals surface area contributed by atoms with Gasteiger partial charge in [-0.2, -0.15) is 5.10 Å². The van der Waals surface area contributed by atoms with Crippen molar-refractivity contribution in [3.8, 4) is 11.4 Å². The van der Waals surface area contributed by atoms with Crippen LogP contribution in [0.4, 0.5) is 10.1 Å². The fourth-order valence-electron chi connectivity index (χ4n) is 4.93. The summed E-state index contributed by atoms with van der Waals surface area (Å²) >= 11 is 0. The lowest BCUT2D eigenvalue weighted by Crippen LogP contribution is -2.20. The number of halogens is 1. The molecule has 0 amide bonds. The molecule has 43 heavy (non-hydrogen) atoms. The Morgan fingerprint density at radius 2 is 1.95 bits per heavy atom. The number of aromatic nitrogens is 4. The van der Waals surface area contributed by atoms with Crippen LogP contribution in [0, 0.1) is 12.7 Å². The van der Waals surface area contributed by atoms with E-state index in [0.29, 0.717) is 6.54 Å². The summed E-state index contributed by atoms with van der Waals surface area (Å²) in [6, 6.07) is 9.17. The number of aryl methyl sites for hydroxylation is 1. The molecule has 0 atom stereocenters. The summed E-state index contributed by atoms with van der Waals surface area (Å²) in [5.41, 5.74) is 9.66. The Balaban J connectivity index is 1.72. The molecule has 0 bridgehead atoms. The normalized spacial score (nSPS) is 12.8. The van der Waals surface area contributed by atoms with E-state index in [-0.39, 0.29) is 5.82 Å². The van der Waals surface area contributed by atoms with Gasteiger partial charge in [0.05, 0.1) is 23.1 Å². The number of likely N-dealkylation sites (N-methyl/N-ethyl adjacent to an activating group) is 2. The fourth-order valence-corrected chi connectivity index (χ4v) is 4.93. The maximum atomic E-state index is 14.8. The van der Waals surface area contributed by atoms with Gasteiger partial charge in [0.25, 0.3) is 0 Å². The average Bonchev–Trinajstić information content (AvgIpc) is 3.58. The highest BCUT2D eigenvalue weighted by Crippen LogP contribution is 2.34. The van der Waals surface area contributed by atoms with Crippen molar-refractivity contribution in [1.29, 1.82) is 0 Å². The Hall–Kier alpha value is -4.53. The molecule has 3 aromatic heterocycles. The average molecular weight is 580 g/mol. The molecule has 0 saturated heterocycles. The molecule has 0 aliphatic heterocycles. The quantitative estimate of drug-likeness (QED) is 0.120. The van der Waals surface area contributed by atoms with Gasteiger partial charge >= 0.3 is 0 Å². The van der Waals surface area contributed by atoms with Crippen LogP contribution >= 0.6 is 0 Å². The number of anilines is 1. The Kier molecular flexibility index (Phi) is 10.6. The Morgan fingerprint density at radius 1 is 1.14 bits per heavy atom. The number of H-pyrrole nitrogens is 2. The predicted octanol–water partition coefficient (Wildman–Crippen LogP) is 7.12. The van der Waals surface area contributed by atoms with E-state index in [1.54, 1.807) is 12.1 Å². The smallest absolute Gasteiger partial charge is 0.125 e. The zero-order valence-electron chi connectivity index (χ0n) is 25.8. The van der Waals surface area contributed by atoms with Crippen molar-refractivity contribution in [2.24, 2.45) is 0 Å². The van der Waals surface area contributed by atoms with Crippen molar-refractivity contribution in [2.75, 3.05) is 45.6 Å². The molecule has 0 spiro atoms. The van der Waals surface area contributed by atoms with Crippen molar-refractivity contribution in [3.05, 3.63) is 114 Å². The third-order valence-electron chi connectivity index (χ3n) is 7.18. The lowest BCUT2D eigenvalue weighted by atomic mass is 9.96. The molecule has 7 nitrogen and oxygen atoms in total. The molecule has 0 unspecified atom stereocenters. The van der Waals surface area contributed by atoms with Crippen LogP contribution in [0.25, 0.3) is 33.4 Å². The number of rotatable bonds is 14. The molecule has 3 heterocycles. The molecule has 0 aliphatic carbocycles. The molecule has 1 aromatic carbocycles. The van der Waals surface area contributed by atoms with Gasteiger partial charge in [-0.3, -0.25) is 10.1 Å². The second-order valence-electron chi connectivity index (χ2n) is 10.6. The summed E-state index contributed by atoms with van der Waals surface area (Å²) in [4.78, 5) is 10.3. The minimum Gasteiger partial charge on any atom is -0.384 e. The van der Waals surface area contributed by atoms with Crippen LogP contribution < -0.4 is 10.6 Å². The summed E-state index contributed by atoms with van der Waals surface area (Å²) in [5.74, 6) is -0.300. The van der Waals surface area contributed by atoms with Crippen LogP contribution in [0.2, 0.25) is 0 Å². The maximum Gasteiger partial charge on any atom is 0.125 e. The van der Waals surface area contributed by atoms with Gasteiger partial charge in [-0.05, 0) is 93.2 Å². The number of aromatic amines is 2. The van der Waals surface area contributed by atoms with Gasteiger partial charge in [-0.25, -0.2) is 4.39 Å². The van der Waals surface area contributed by atoms with Gasteiger partial charge in [-0.15, -0.1) is 0 Å². The zero-order chi connectivity index (χ0) is 30.9. The van der Waals surface area contributed by atoms with Gasteiger partial charge in [0.1, 0.15) is 11.5 Å². The lowest BCUT2D eigenvalue weighted by molar-refractivity contribution is 0.425. The fraction of sp³-hybridized carbons (Fsp3) is 0.257. The first-order valence-corrected chi connectivity index (χ1v) is 14.5. The molecule has 224 valence electrons. The molecule has 4 rings (SSSR count). The van der Waals surface area contributed by atoms with Crippen LogP contribution in [0.3, 0.4) is 0 Å². The highest BCUT2D eigenvalue weighted by Gasteiger charge is 2.18. The summed E-state index contributed by atoms with van der Waals surface area (Å²) in [6.45, 7) is 17.2. The Morgan fingerprint density at radius 3 is 2.65 bits per heavy atom. The highest BCUT2D eigenvalue weighted by atomic mass is 19.1. The monoisotopic (exact) mass is 579 g/mol. The molecule has 8 heteroatoms. The van der Waals surface area contributed by atoms with Crippen LogP contribution in [0.15, 0.2) is 85.6 Å². The molecular weight excluding hydrogens is 537 g/mol. The number of pyridine rings is 1. The van der Waals surface area contributed by atoms with Crippen molar-refractivity contribution in [2.45, 2.75) is 20.8 Å². The zero-order valence-corrected chi connectivity index (χ0v) is 25.8. The predicted molar refractivity (Wildman–Crippen MR) is 180 cm³/mol. The molecule has 0 aliphatic rings. The third kappa shape index (κ3) is 7.66. The minimum absolute atomic E-state index is 0.300. The summed E-state index contributed by atoms with van der Waals surface area (Å²) in [5, 5.41) is 15.4. The van der Waals surface area contributed by atoms with E-state index < -0.39 is 0 Å². The topological polar surface area (TPSA) is 84.7 Å². The number of allylic oxidation sites excluding steroid dienone is 5. The van der Waals surface area contributed by atoms with Crippen molar-refractivity contribution >= 4 is 27.7 Å². The van der Waals surface area contributed by atoms with Crippen LogP contribution in [0.5, 0.6) is 0 Å².